The molecule has 0 heterocycles. The smallest absolute Gasteiger partial charge is 0.161 e. The van der Waals surface area contributed by atoms with E-state index in [1.54, 1.807) is 13.3 Å². The van der Waals surface area contributed by atoms with Crippen molar-refractivity contribution in [1.82, 2.24) is 0 Å². The lowest BCUT2D eigenvalue weighted by Crippen LogP contribution is -1.98. The van der Waals surface area contributed by atoms with E-state index in [1.165, 1.54) is 0 Å². The van der Waals surface area contributed by atoms with E-state index in [0.29, 0.717) is 23.1 Å². The molecule has 0 unspecified atom stereocenters. The largest absolute Gasteiger partial charge is 0.493 e. The molecule has 0 saturated heterocycles. The molecule has 1 N–H and O–H groups in total. The third-order valence-electron chi connectivity index (χ3n) is 3.65. The Labute approximate surface area is 158 Å². The van der Waals surface area contributed by atoms with Gasteiger partial charge in [-0.3, -0.25) is 5.43 Å². The number of nitrogens with zero attached hydrogens (tertiary/aromatic N) is 1. The maximum absolute atomic E-state index is 6.00. The highest BCUT2D eigenvalue weighted by Crippen LogP contribution is 2.28. The minimum absolute atomic E-state index is 0.417. The molecule has 0 amide bonds. The summed E-state index contributed by atoms with van der Waals surface area (Å²) in [5.74, 6) is 1.32. The first-order valence-electron chi connectivity index (χ1n) is 8.14. The van der Waals surface area contributed by atoms with Crippen LogP contribution in [0.15, 0.2) is 77.9 Å². The normalized spacial score (nSPS) is 10.7. The molecule has 0 atom stereocenters. The molecule has 3 aromatic carbocycles. The zero-order chi connectivity index (χ0) is 18.2. The molecule has 0 fully saturated rings. The molecule has 3 rings (SSSR count). The third-order valence-corrected chi connectivity index (χ3v) is 3.89. The van der Waals surface area contributed by atoms with Crippen LogP contribution < -0.4 is 14.9 Å². The van der Waals surface area contributed by atoms with Gasteiger partial charge in [0.15, 0.2) is 11.5 Å². The highest BCUT2D eigenvalue weighted by Gasteiger charge is 2.06. The topological polar surface area (TPSA) is 42.8 Å². The number of ether oxygens (including phenoxy) is 2. The van der Waals surface area contributed by atoms with E-state index in [-0.39, 0.29) is 0 Å². The van der Waals surface area contributed by atoms with E-state index in [2.05, 4.69) is 10.5 Å². The molecule has 0 aromatic heterocycles. The van der Waals surface area contributed by atoms with Crippen molar-refractivity contribution in [3.05, 3.63) is 88.9 Å². The first kappa shape index (κ1) is 17.8. The van der Waals surface area contributed by atoms with E-state index in [9.17, 15) is 0 Å². The molecule has 0 spiro atoms. The van der Waals surface area contributed by atoms with Gasteiger partial charge in [-0.25, -0.2) is 0 Å². The first-order valence-corrected chi connectivity index (χ1v) is 8.52. The highest BCUT2D eigenvalue weighted by atomic mass is 35.5. The van der Waals surface area contributed by atoms with Crippen molar-refractivity contribution in [2.24, 2.45) is 5.10 Å². The van der Waals surface area contributed by atoms with Gasteiger partial charge in [-0.05, 0) is 53.6 Å². The van der Waals surface area contributed by atoms with Gasteiger partial charge in [0.25, 0.3) is 0 Å². The van der Waals surface area contributed by atoms with Gasteiger partial charge >= 0.3 is 0 Å². The van der Waals surface area contributed by atoms with Gasteiger partial charge in [-0.15, -0.1) is 0 Å². The summed E-state index contributed by atoms with van der Waals surface area (Å²) in [6.07, 6.45) is 1.73. The minimum Gasteiger partial charge on any atom is -0.493 e. The van der Waals surface area contributed by atoms with Crippen molar-refractivity contribution in [2.75, 3.05) is 12.5 Å². The Bertz CT molecular complexity index is 882. The van der Waals surface area contributed by atoms with E-state index in [0.717, 1.165) is 16.8 Å². The summed E-state index contributed by atoms with van der Waals surface area (Å²) in [4.78, 5) is 0. The second-order valence-electron chi connectivity index (χ2n) is 5.56. The molecular formula is C21H19ClN2O2. The van der Waals surface area contributed by atoms with E-state index in [4.69, 9.17) is 21.1 Å². The molecule has 0 saturated carbocycles. The Morgan fingerprint density at radius 1 is 0.962 bits per heavy atom. The average molecular weight is 367 g/mol. The standard InChI is InChI=1S/C21H19ClN2O2/c1-25-21-13-16(14-23-24-19-8-3-2-4-9-19)10-11-20(21)26-15-17-6-5-7-18(22)12-17/h2-14,24H,15H2,1H3. The van der Waals surface area contributed by atoms with Crippen LogP contribution in [0.25, 0.3) is 0 Å². The maximum Gasteiger partial charge on any atom is 0.161 e. The fourth-order valence-corrected chi connectivity index (χ4v) is 2.58. The summed E-state index contributed by atoms with van der Waals surface area (Å²) in [6, 6.07) is 23.0. The summed E-state index contributed by atoms with van der Waals surface area (Å²) in [5, 5.41) is 4.92. The molecule has 0 radical (unpaired) electrons. The second kappa shape index (κ2) is 8.92. The highest BCUT2D eigenvalue weighted by molar-refractivity contribution is 6.30. The van der Waals surface area contributed by atoms with Gasteiger partial charge in [0.2, 0.25) is 0 Å². The average Bonchev–Trinajstić information content (AvgIpc) is 2.67. The van der Waals surface area contributed by atoms with Crippen LogP contribution in [-0.2, 0) is 6.61 Å². The fraction of sp³-hybridized carbons (Fsp3) is 0.0952. The number of benzene rings is 3. The predicted octanol–water partition coefficient (Wildman–Crippen LogP) is 5.37. The lowest BCUT2D eigenvalue weighted by atomic mass is 10.2. The van der Waals surface area contributed by atoms with Crippen LogP contribution in [0.4, 0.5) is 5.69 Å². The molecule has 4 nitrogen and oxygen atoms in total. The van der Waals surface area contributed by atoms with Crippen LogP contribution in [0.3, 0.4) is 0 Å². The number of hydrogen-bond donors (Lipinski definition) is 1. The van der Waals surface area contributed by atoms with Crippen molar-refractivity contribution in [3.8, 4) is 11.5 Å². The number of anilines is 1. The van der Waals surface area contributed by atoms with Crippen LogP contribution in [0, 0.1) is 0 Å². The summed E-state index contributed by atoms with van der Waals surface area (Å²) in [7, 11) is 1.62. The zero-order valence-electron chi connectivity index (χ0n) is 14.4. The lowest BCUT2D eigenvalue weighted by Gasteiger charge is -2.11. The Morgan fingerprint density at radius 3 is 2.58 bits per heavy atom. The van der Waals surface area contributed by atoms with Crippen molar-refractivity contribution in [3.63, 3.8) is 0 Å². The molecule has 132 valence electrons. The molecule has 0 aliphatic rings. The van der Waals surface area contributed by atoms with Gasteiger partial charge in [0, 0.05) is 5.02 Å². The monoisotopic (exact) mass is 366 g/mol. The molecule has 26 heavy (non-hydrogen) atoms. The summed E-state index contributed by atoms with van der Waals surface area (Å²) >= 11 is 6.00. The Balaban J connectivity index is 1.65. The van der Waals surface area contributed by atoms with E-state index >= 15 is 0 Å². The number of hydrazone groups is 1. The number of methoxy groups -OCH3 is 1. The molecule has 0 aliphatic carbocycles. The Kier molecular flexibility index (Phi) is 6.12. The number of hydrogen-bond acceptors (Lipinski definition) is 4. The van der Waals surface area contributed by atoms with Gasteiger partial charge in [0.05, 0.1) is 19.0 Å². The Hall–Kier alpha value is -2.98. The van der Waals surface area contributed by atoms with Crippen molar-refractivity contribution >= 4 is 23.5 Å². The Morgan fingerprint density at radius 2 is 1.81 bits per heavy atom. The summed E-state index contributed by atoms with van der Waals surface area (Å²) in [6.45, 7) is 0.417. The van der Waals surface area contributed by atoms with Crippen LogP contribution in [0.5, 0.6) is 11.5 Å². The second-order valence-corrected chi connectivity index (χ2v) is 6.00. The quantitative estimate of drug-likeness (QED) is 0.451. The van der Waals surface area contributed by atoms with Crippen LogP contribution >= 0.6 is 11.6 Å². The van der Waals surface area contributed by atoms with E-state index in [1.807, 2.05) is 72.8 Å². The van der Waals surface area contributed by atoms with Crippen molar-refractivity contribution < 1.29 is 9.47 Å². The molecule has 5 heteroatoms. The van der Waals surface area contributed by atoms with E-state index < -0.39 is 0 Å². The van der Waals surface area contributed by atoms with Gasteiger partial charge < -0.3 is 9.47 Å². The van der Waals surface area contributed by atoms with Crippen LogP contribution in [0.1, 0.15) is 11.1 Å². The van der Waals surface area contributed by atoms with Crippen LogP contribution in [-0.4, -0.2) is 13.3 Å². The maximum atomic E-state index is 6.00. The summed E-state index contributed by atoms with van der Waals surface area (Å²) in [5.41, 5.74) is 5.81. The van der Waals surface area contributed by atoms with Crippen molar-refractivity contribution in [2.45, 2.75) is 6.61 Å². The number of nitrogens with one attached hydrogen (secondary N) is 1. The lowest BCUT2D eigenvalue weighted by molar-refractivity contribution is 0.284. The molecular weight excluding hydrogens is 348 g/mol. The molecule has 0 bridgehead atoms. The molecule has 0 aliphatic heterocycles. The minimum atomic E-state index is 0.417. The number of halogens is 1. The first-order chi connectivity index (χ1) is 12.7. The summed E-state index contributed by atoms with van der Waals surface area (Å²) < 4.78 is 11.3. The van der Waals surface area contributed by atoms with Gasteiger partial charge in [-0.1, -0.05) is 41.9 Å². The van der Waals surface area contributed by atoms with Crippen LogP contribution in [0.2, 0.25) is 5.02 Å². The fourth-order valence-electron chi connectivity index (χ4n) is 2.37. The third kappa shape index (κ3) is 5.01. The molecule has 3 aromatic rings. The predicted molar refractivity (Wildman–Crippen MR) is 106 cm³/mol. The van der Waals surface area contributed by atoms with Crippen molar-refractivity contribution in [1.29, 1.82) is 0 Å². The number of para-hydroxylation sites is 1. The number of rotatable bonds is 7. The van der Waals surface area contributed by atoms with Gasteiger partial charge in [-0.2, -0.15) is 5.10 Å². The SMILES string of the molecule is COc1cc(C=NNc2ccccc2)ccc1OCc1cccc(Cl)c1. The zero-order valence-corrected chi connectivity index (χ0v) is 15.1. The van der Waals surface area contributed by atoms with Gasteiger partial charge in [0.1, 0.15) is 6.61 Å².